The van der Waals surface area contributed by atoms with Gasteiger partial charge in [-0.25, -0.2) is 19.3 Å². The summed E-state index contributed by atoms with van der Waals surface area (Å²) in [5.41, 5.74) is 2.43. The Balaban J connectivity index is 1.69. The zero-order valence-electron chi connectivity index (χ0n) is 19.4. The fourth-order valence-corrected chi connectivity index (χ4v) is 3.89. The van der Waals surface area contributed by atoms with E-state index in [-0.39, 0.29) is 17.5 Å². The number of likely N-dealkylation sites (N-methyl/N-ethyl adjacent to an activating group) is 1. The number of halogens is 1. The van der Waals surface area contributed by atoms with E-state index in [2.05, 4.69) is 20.3 Å². The molecule has 2 aromatic heterocycles. The molecule has 4 rings (SSSR count). The van der Waals surface area contributed by atoms with E-state index in [1.165, 1.54) is 19.5 Å². The van der Waals surface area contributed by atoms with Crippen molar-refractivity contribution >= 4 is 34.1 Å². The van der Waals surface area contributed by atoms with Crippen LogP contribution in [-0.2, 0) is 4.79 Å². The van der Waals surface area contributed by atoms with Crippen molar-refractivity contribution in [1.29, 1.82) is 0 Å². The second-order valence-electron chi connectivity index (χ2n) is 8.45. The molecule has 1 unspecified atom stereocenters. The topological polar surface area (TPSA) is 83.5 Å². The lowest BCUT2D eigenvalue weighted by Gasteiger charge is -2.16. The van der Waals surface area contributed by atoms with Crippen LogP contribution in [0.15, 0.2) is 42.4 Å². The Morgan fingerprint density at radius 2 is 2.06 bits per heavy atom. The summed E-state index contributed by atoms with van der Waals surface area (Å²) < 4.78 is 19.8. The number of benzene rings is 1. The van der Waals surface area contributed by atoms with Gasteiger partial charge in [0.2, 0.25) is 0 Å². The average Bonchev–Trinajstić information content (AvgIpc) is 3.07. The van der Waals surface area contributed by atoms with Gasteiger partial charge < -0.3 is 15.0 Å². The first-order chi connectivity index (χ1) is 15.8. The van der Waals surface area contributed by atoms with Gasteiger partial charge >= 0.3 is 0 Å². The molecule has 1 aliphatic rings. The molecule has 1 fully saturated rings. The largest absolute Gasteiger partial charge is 0.496 e. The van der Waals surface area contributed by atoms with Crippen molar-refractivity contribution in [3.8, 4) is 5.75 Å². The molecule has 1 amide bonds. The molecule has 1 aromatic carbocycles. The third-order valence-corrected chi connectivity index (χ3v) is 5.68. The standard InChI is InChI=1S/C24H27FN6O2/c1-14-8-19(18(25)10-21(14)33-5)29-23-17-9-22(26-11-20(17)27-13-28-23)31-12-15(2)16(24(31)32)6-7-30(3)4/h6,8-11,13,15H,7,12H2,1-5H3,(H,27,28,29)/b16-6+. The summed E-state index contributed by atoms with van der Waals surface area (Å²) in [6, 6.07) is 4.77. The number of aromatic nitrogens is 3. The molecule has 0 bridgehead atoms. The van der Waals surface area contributed by atoms with E-state index in [0.29, 0.717) is 41.4 Å². The summed E-state index contributed by atoms with van der Waals surface area (Å²) in [6.45, 7) is 5.11. The van der Waals surface area contributed by atoms with E-state index in [1.807, 2.05) is 38.9 Å². The van der Waals surface area contributed by atoms with Gasteiger partial charge in [-0.15, -0.1) is 0 Å². The van der Waals surface area contributed by atoms with Crippen molar-refractivity contribution < 1.29 is 13.9 Å². The van der Waals surface area contributed by atoms with Crippen molar-refractivity contribution in [2.75, 3.05) is 44.5 Å². The molecule has 1 atom stereocenters. The van der Waals surface area contributed by atoms with E-state index in [9.17, 15) is 9.18 Å². The fraction of sp³-hybridized carbons (Fsp3) is 0.333. The summed E-state index contributed by atoms with van der Waals surface area (Å²) in [7, 11) is 5.43. The predicted molar refractivity (Wildman–Crippen MR) is 126 cm³/mol. The van der Waals surface area contributed by atoms with Gasteiger partial charge in [-0.3, -0.25) is 9.69 Å². The molecular weight excluding hydrogens is 423 g/mol. The fourth-order valence-electron chi connectivity index (χ4n) is 3.89. The van der Waals surface area contributed by atoms with Crippen LogP contribution in [0, 0.1) is 18.7 Å². The Labute approximate surface area is 192 Å². The Bertz CT molecular complexity index is 1240. The molecule has 3 aromatic rings. The first-order valence-electron chi connectivity index (χ1n) is 10.7. The average molecular weight is 451 g/mol. The molecule has 3 heterocycles. The molecular formula is C24H27FN6O2. The number of aryl methyl sites for hydroxylation is 1. The summed E-state index contributed by atoms with van der Waals surface area (Å²) in [5, 5.41) is 3.70. The molecule has 1 N–H and O–H groups in total. The maximum Gasteiger partial charge on any atom is 0.255 e. The Kier molecular flexibility index (Phi) is 6.24. The summed E-state index contributed by atoms with van der Waals surface area (Å²) in [4.78, 5) is 29.8. The van der Waals surface area contributed by atoms with E-state index < -0.39 is 5.82 Å². The Morgan fingerprint density at radius 3 is 2.79 bits per heavy atom. The smallest absolute Gasteiger partial charge is 0.255 e. The zero-order chi connectivity index (χ0) is 23.7. The maximum absolute atomic E-state index is 14.6. The third-order valence-electron chi connectivity index (χ3n) is 5.68. The lowest BCUT2D eigenvalue weighted by Crippen LogP contribution is -2.26. The monoisotopic (exact) mass is 450 g/mol. The number of carbonyl (C=O) groups is 1. The van der Waals surface area contributed by atoms with Gasteiger partial charge in [0.15, 0.2) is 0 Å². The summed E-state index contributed by atoms with van der Waals surface area (Å²) in [5.74, 6) is 0.983. The highest BCUT2D eigenvalue weighted by molar-refractivity contribution is 6.09. The molecule has 0 radical (unpaired) electrons. The predicted octanol–water partition coefficient (Wildman–Crippen LogP) is 3.70. The first-order valence-corrected chi connectivity index (χ1v) is 10.7. The molecule has 9 heteroatoms. The van der Waals surface area contributed by atoms with Gasteiger partial charge in [-0.1, -0.05) is 13.0 Å². The van der Waals surface area contributed by atoms with Gasteiger partial charge in [0, 0.05) is 36.0 Å². The number of hydrogen-bond acceptors (Lipinski definition) is 7. The number of methoxy groups -OCH3 is 1. The number of anilines is 3. The van der Waals surface area contributed by atoms with Crippen LogP contribution in [0.1, 0.15) is 12.5 Å². The second-order valence-corrected chi connectivity index (χ2v) is 8.45. The number of rotatable bonds is 6. The summed E-state index contributed by atoms with van der Waals surface area (Å²) >= 11 is 0. The first kappa shape index (κ1) is 22.6. The van der Waals surface area contributed by atoms with Gasteiger partial charge in [0.1, 0.15) is 29.5 Å². The Hall–Kier alpha value is -3.59. The van der Waals surface area contributed by atoms with Crippen molar-refractivity contribution in [1.82, 2.24) is 19.9 Å². The van der Waals surface area contributed by atoms with Crippen LogP contribution >= 0.6 is 0 Å². The maximum atomic E-state index is 14.6. The van der Waals surface area contributed by atoms with Crippen LogP contribution in [0.2, 0.25) is 0 Å². The van der Waals surface area contributed by atoms with Gasteiger partial charge in [0.25, 0.3) is 5.91 Å². The molecule has 1 saturated heterocycles. The third kappa shape index (κ3) is 4.49. The van der Waals surface area contributed by atoms with Gasteiger partial charge in [0.05, 0.1) is 24.5 Å². The summed E-state index contributed by atoms with van der Waals surface area (Å²) in [6.07, 6.45) is 4.97. The molecule has 0 saturated carbocycles. The number of nitrogens with zero attached hydrogens (tertiary/aromatic N) is 5. The normalized spacial score (nSPS) is 17.4. The zero-order valence-corrected chi connectivity index (χ0v) is 19.4. The molecule has 0 aliphatic carbocycles. The SMILES string of the molecule is COc1cc(F)c(Nc2ncnc3cnc(N4CC(C)/C(=C\CN(C)C)C4=O)cc23)cc1C. The minimum Gasteiger partial charge on any atom is -0.496 e. The number of fused-ring (bicyclic) bond motifs is 1. The number of amides is 1. The minimum absolute atomic E-state index is 0.0561. The van der Waals surface area contributed by atoms with Gasteiger partial charge in [-0.05, 0) is 38.7 Å². The lowest BCUT2D eigenvalue weighted by molar-refractivity contribution is -0.114. The van der Waals surface area contributed by atoms with Gasteiger partial charge in [-0.2, -0.15) is 0 Å². The molecule has 1 aliphatic heterocycles. The highest BCUT2D eigenvalue weighted by Crippen LogP contribution is 2.33. The number of pyridine rings is 1. The second kappa shape index (κ2) is 9.11. The van der Waals surface area contributed by atoms with Crippen LogP contribution in [-0.4, -0.2) is 60.1 Å². The molecule has 172 valence electrons. The quantitative estimate of drug-likeness (QED) is 0.574. The van der Waals surface area contributed by atoms with Crippen LogP contribution < -0.4 is 15.0 Å². The van der Waals surface area contributed by atoms with Crippen molar-refractivity contribution in [3.05, 3.63) is 53.8 Å². The molecule has 0 spiro atoms. The van der Waals surface area contributed by atoms with Crippen LogP contribution in [0.25, 0.3) is 10.9 Å². The van der Waals surface area contributed by atoms with Crippen molar-refractivity contribution in [3.63, 3.8) is 0 Å². The van der Waals surface area contributed by atoms with E-state index in [0.717, 1.165) is 11.1 Å². The minimum atomic E-state index is -0.460. The number of ether oxygens (including phenoxy) is 1. The highest BCUT2D eigenvalue weighted by Gasteiger charge is 2.34. The highest BCUT2D eigenvalue weighted by atomic mass is 19.1. The van der Waals surface area contributed by atoms with E-state index >= 15 is 0 Å². The van der Waals surface area contributed by atoms with E-state index in [4.69, 9.17) is 4.74 Å². The van der Waals surface area contributed by atoms with E-state index in [1.54, 1.807) is 23.2 Å². The van der Waals surface area contributed by atoms with Crippen molar-refractivity contribution in [2.24, 2.45) is 5.92 Å². The van der Waals surface area contributed by atoms with Crippen LogP contribution in [0.3, 0.4) is 0 Å². The molecule has 8 nitrogen and oxygen atoms in total. The van der Waals surface area contributed by atoms with Crippen molar-refractivity contribution in [2.45, 2.75) is 13.8 Å². The number of hydrogen-bond donors (Lipinski definition) is 1. The molecule has 33 heavy (non-hydrogen) atoms. The Morgan fingerprint density at radius 1 is 1.27 bits per heavy atom. The number of carbonyl (C=O) groups excluding carboxylic acids is 1. The number of nitrogens with one attached hydrogen (secondary N) is 1. The van der Waals surface area contributed by atoms with Crippen LogP contribution in [0.5, 0.6) is 5.75 Å². The lowest BCUT2D eigenvalue weighted by atomic mass is 10.0. The van der Waals surface area contributed by atoms with Crippen LogP contribution in [0.4, 0.5) is 21.7 Å².